The first-order valence-corrected chi connectivity index (χ1v) is 10.2. The zero-order chi connectivity index (χ0) is 18.2. The second-order valence-electron chi connectivity index (χ2n) is 6.94. The molecule has 0 aromatic heterocycles. The van der Waals surface area contributed by atoms with Gasteiger partial charge in [0.05, 0.1) is 7.11 Å². The van der Waals surface area contributed by atoms with E-state index in [-0.39, 0.29) is 24.0 Å². The minimum Gasteiger partial charge on any atom is -1.00 e. The van der Waals surface area contributed by atoms with Crippen molar-refractivity contribution in [1.29, 1.82) is 0 Å². The molecule has 0 aliphatic carbocycles. The molecule has 0 saturated carbocycles. The Kier molecular flexibility index (Phi) is 17.2. The highest BCUT2D eigenvalue weighted by atomic mass is 127. The lowest BCUT2D eigenvalue weighted by molar-refractivity contribution is -0.508. The molecule has 0 atom stereocenters. The molecule has 1 heterocycles. The Morgan fingerprint density at radius 2 is 1.54 bits per heavy atom. The van der Waals surface area contributed by atoms with E-state index in [1.165, 1.54) is 84.2 Å². The van der Waals surface area contributed by atoms with Crippen LogP contribution in [-0.2, 0) is 4.74 Å². The molecule has 1 aliphatic rings. The summed E-state index contributed by atoms with van der Waals surface area (Å²) in [6, 6.07) is 0. The van der Waals surface area contributed by atoms with E-state index in [0.29, 0.717) is 6.54 Å². The summed E-state index contributed by atoms with van der Waals surface area (Å²) in [5.41, 5.74) is 0.772. The molecule has 26 heavy (non-hydrogen) atoms. The molecule has 4 nitrogen and oxygen atoms in total. The van der Waals surface area contributed by atoms with Gasteiger partial charge in [-0.1, -0.05) is 71.1 Å². The van der Waals surface area contributed by atoms with Gasteiger partial charge < -0.3 is 28.7 Å². The number of nitrogens with zero attached hydrogens (tertiary/aromatic N) is 2. The van der Waals surface area contributed by atoms with Crippen molar-refractivity contribution < 1.29 is 38.1 Å². The normalized spacial score (nSPS) is 14.8. The van der Waals surface area contributed by atoms with Crippen molar-refractivity contribution in [3.8, 4) is 0 Å². The van der Waals surface area contributed by atoms with Gasteiger partial charge in [-0.25, -0.2) is 9.37 Å². The number of amides is 1. The Labute approximate surface area is 177 Å². The first-order chi connectivity index (χ1) is 12.3. The molecule has 0 unspecified atom stereocenters. The molecule has 0 aromatic rings. The van der Waals surface area contributed by atoms with Crippen LogP contribution in [0.1, 0.15) is 84.0 Å². The third-order valence-electron chi connectivity index (χ3n) is 4.66. The van der Waals surface area contributed by atoms with Crippen LogP contribution in [0.2, 0.25) is 0 Å². The minimum absolute atomic E-state index is 0. The Balaban J connectivity index is 0.00000625. The molecule has 0 spiro atoms. The smallest absolute Gasteiger partial charge is 0.433 e. The Morgan fingerprint density at radius 3 is 2.08 bits per heavy atom. The highest BCUT2D eigenvalue weighted by Gasteiger charge is 2.12. The highest BCUT2D eigenvalue weighted by molar-refractivity contribution is 6.04. The summed E-state index contributed by atoms with van der Waals surface area (Å²) < 4.78 is 6.80. The summed E-state index contributed by atoms with van der Waals surface area (Å²) in [4.78, 5) is 15.1. The standard InChI is InChI=1S/C21H37N2O2.HI/c1-3-4-5-6-7-8-9-10-11-12-13-14-17-23-18-15-16-20(19-23)22-21(24)25-2;/h15-16,18H,3-14,17,19H2,1-2H3;1H/q+1;/p-1. The van der Waals surface area contributed by atoms with E-state index in [4.69, 9.17) is 0 Å². The van der Waals surface area contributed by atoms with Crippen LogP contribution in [0, 0.1) is 0 Å². The van der Waals surface area contributed by atoms with Gasteiger partial charge in [0.2, 0.25) is 0 Å². The van der Waals surface area contributed by atoms with Gasteiger partial charge >= 0.3 is 6.09 Å². The lowest BCUT2D eigenvalue weighted by Gasteiger charge is -2.07. The van der Waals surface area contributed by atoms with Gasteiger partial charge in [0.1, 0.15) is 12.3 Å². The van der Waals surface area contributed by atoms with Crippen LogP contribution in [0.5, 0.6) is 0 Å². The number of ether oxygens (including phenoxy) is 1. The molecular formula is C21H37IN2O2. The lowest BCUT2D eigenvalue weighted by Crippen LogP contribution is -3.00. The van der Waals surface area contributed by atoms with Crippen LogP contribution in [0.25, 0.3) is 0 Å². The molecule has 1 rings (SSSR count). The zero-order valence-electron chi connectivity index (χ0n) is 16.7. The van der Waals surface area contributed by atoms with Crippen LogP contribution >= 0.6 is 0 Å². The number of rotatable bonds is 13. The summed E-state index contributed by atoms with van der Waals surface area (Å²) in [6.07, 6.45) is 21.8. The van der Waals surface area contributed by atoms with Gasteiger partial charge in [0.15, 0.2) is 12.8 Å². The quantitative estimate of drug-likeness (QED) is 0.233. The predicted octanol–water partition coefficient (Wildman–Crippen LogP) is 2.55. The maximum atomic E-state index is 11.2. The summed E-state index contributed by atoms with van der Waals surface area (Å²) in [7, 11) is 1.36. The van der Waals surface area contributed by atoms with Gasteiger partial charge in [-0.15, -0.1) is 0 Å². The average Bonchev–Trinajstić information content (AvgIpc) is 2.63. The Bertz CT molecular complexity index is 459. The van der Waals surface area contributed by atoms with Crippen LogP contribution in [0.3, 0.4) is 0 Å². The second-order valence-corrected chi connectivity index (χ2v) is 6.94. The van der Waals surface area contributed by atoms with Crippen LogP contribution in [0.15, 0.2) is 17.1 Å². The number of allylic oxidation sites excluding steroid dienone is 1. The Hall–Kier alpha value is -0.720. The van der Waals surface area contributed by atoms with Crippen molar-refractivity contribution >= 4 is 18.0 Å². The van der Waals surface area contributed by atoms with Crippen molar-refractivity contribution in [3.05, 3.63) is 12.2 Å². The summed E-state index contributed by atoms with van der Waals surface area (Å²) >= 11 is 0. The van der Waals surface area contributed by atoms with E-state index in [1.807, 2.05) is 12.2 Å². The number of methoxy groups -OCH3 is 1. The lowest BCUT2D eigenvalue weighted by atomic mass is 10.1. The molecule has 0 N–H and O–H groups in total. The first kappa shape index (κ1) is 25.3. The molecule has 1 amide bonds. The number of carbonyl (C=O) groups excluding carboxylic acids is 1. The van der Waals surface area contributed by atoms with Crippen molar-refractivity contribution in [1.82, 2.24) is 0 Å². The van der Waals surface area contributed by atoms with Crippen molar-refractivity contribution in [2.75, 3.05) is 20.2 Å². The van der Waals surface area contributed by atoms with E-state index in [2.05, 4.69) is 27.4 Å². The highest BCUT2D eigenvalue weighted by Crippen LogP contribution is 2.12. The van der Waals surface area contributed by atoms with Gasteiger partial charge in [-0.3, -0.25) is 0 Å². The fourth-order valence-electron chi connectivity index (χ4n) is 3.13. The largest absolute Gasteiger partial charge is 1.00 e. The third kappa shape index (κ3) is 13.5. The van der Waals surface area contributed by atoms with Gasteiger partial charge in [0, 0.05) is 12.5 Å². The molecule has 0 saturated heterocycles. The number of aliphatic imine (C=N–C) groups is 1. The summed E-state index contributed by atoms with van der Waals surface area (Å²) in [5.74, 6) is 0. The maximum absolute atomic E-state index is 11.2. The van der Waals surface area contributed by atoms with E-state index in [0.717, 1.165) is 12.3 Å². The molecule has 1 aliphatic heterocycles. The first-order valence-electron chi connectivity index (χ1n) is 10.2. The molecule has 0 bridgehead atoms. The van der Waals surface area contributed by atoms with Crippen LogP contribution in [-0.4, -0.2) is 42.8 Å². The zero-order valence-corrected chi connectivity index (χ0v) is 18.9. The number of unbranched alkanes of at least 4 members (excludes halogenated alkanes) is 11. The number of hydrogen-bond acceptors (Lipinski definition) is 2. The van der Waals surface area contributed by atoms with Gasteiger partial charge in [0.25, 0.3) is 0 Å². The van der Waals surface area contributed by atoms with Crippen LogP contribution < -0.4 is 24.0 Å². The molecule has 5 heteroatoms. The van der Waals surface area contributed by atoms with Crippen molar-refractivity contribution in [2.45, 2.75) is 84.0 Å². The Morgan fingerprint density at radius 1 is 1.00 bits per heavy atom. The molecule has 0 fully saturated rings. The maximum Gasteiger partial charge on any atom is 0.433 e. The second kappa shape index (κ2) is 17.7. The number of carbonyl (C=O) groups is 1. The van der Waals surface area contributed by atoms with E-state index < -0.39 is 6.09 Å². The third-order valence-corrected chi connectivity index (χ3v) is 4.66. The van der Waals surface area contributed by atoms with Crippen LogP contribution in [0.4, 0.5) is 4.79 Å². The van der Waals surface area contributed by atoms with E-state index in [1.54, 1.807) is 0 Å². The number of hydrogen-bond donors (Lipinski definition) is 0. The average molecular weight is 476 g/mol. The predicted molar refractivity (Wildman–Crippen MR) is 106 cm³/mol. The fraction of sp³-hybridized carbons (Fsp3) is 0.762. The fourth-order valence-corrected chi connectivity index (χ4v) is 3.13. The molecular weight excluding hydrogens is 439 g/mol. The summed E-state index contributed by atoms with van der Waals surface area (Å²) in [6.45, 7) is 4.00. The van der Waals surface area contributed by atoms with E-state index >= 15 is 0 Å². The SMILES string of the molecule is CCCCCCCCCCCCCC[N+]1=CC=CC(=NC(=O)OC)C1.[I-]. The molecule has 0 aromatic carbocycles. The van der Waals surface area contributed by atoms with Gasteiger partial charge in [-0.05, 0) is 12.5 Å². The number of halogens is 1. The topological polar surface area (TPSA) is 41.7 Å². The van der Waals surface area contributed by atoms with Crippen molar-refractivity contribution in [2.24, 2.45) is 4.99 Å². The molecule has 0 radical (unpaired) electrons. The molecule has 150 valence electrons. The summed E-state index contributed by atoms with van der Waals surface area (Å²) in [5, 5.41) is 0. The minimum atomic E-state index is -0.521. The van der Waals surface area contributed by atoms with Gasteiger partial charge in [-0.2, -0.15) is 4.99 Å². The van der Waals surface area contributed by atoms with E-state index in [9.17, 15) is 4.79 Å². The monoisotopic (exact) mass is 476 g/mol. The van der Waals surface area contributed by atoms with Crippen molar-refractivity contribution in [3.63, 3.8) is 0 Å².